The molecule has 1 heteroatoms. The third-order valence-corrected chi connectivity index (χ3v) is 2.67. The Morgan fingerprint density at radius 2 is 2.20 bits per heavy atom. The van der Waals surface area contributed by atoms with Crippen molar-refractivity contribution in [3.05, 3.63) is 6.08 Å². The molecule has 1 saturated carbocycles. The Morgan fingerprint density at radius 1 is 1.30 bits per heavy atom. The van der Waals surface area contributed by atoms with Gasteiger partial charge in [-0.3, -0.25) is 0 Å². The van der Waals surface area contributed by atoms with Gasteiger partial charge in [0, 0.05) is 0 Å². The molecule has 0 aromatic rings. The summed E-state index contributed by atoms with van der Waals surface area (Å²) in [6.45, 7) is 1.04. The molecular formula is C9H13N. The number of aliphatic imine (C=N–C) groups is 1. The molecule has 10 heavy (non-hydrogen) atoms. The Kier molecular flexibility index (Phi) is 1.60. The lowest BCUT2D eigenvalue weighted by Gasteiger charge is -2.28. The van der Waals surface area contributed by atoms with E-state index in [9.17, 15) is 0 Å². The molecule has 0 saturated heterocycles. The Balaban J connectivity index is 2.10. The quantitative estimate of drug-likeness (QED) is 0.482. The zero-order valence-electron chi connectivity index (χ0n) is 6.21. The average molecular weight is 135 g/mol. The molecule has 0 amide bonds. The monoisotopic (exact) mass is 135 g/mol. The minimum Gasteiger partial charge on any atom is -0.243 e. The van der Waals surface area contributed by atoms with E-state index in [4.69, 9.17) is 0 Å². The van der Waals surface area contributed by atoms with Crippen molar-refractivity contribution in [1.29, 1.82) is 0 Å². The van der Waals surface area contributed by atoms with Gasteiger partial charge in [0.25, 0.3) is 0 Å². The van der Waals surface area contributed by atoms with Gasteiger partial charge < -0.3 is 0 Å². The molecule has 2 atom stereocenters. The Bertz CT molecular complexity index is 177. The second-order valence-electron chi connectivity index (χ2n) is 3.34. The minimum atomic E-state index is 0.825. The van der Waals surface area contributed by atoms with E-state index >= 15 is 0 Å². The Hall–Kier alpha value is -0.550. The molecule has 0 aromatic heterocycles. The van der Waals surface area contributed by atoms with Crippen LogP contribution in [0.25, 0.3) is 0 Å². The predicted molar refractivity (Wildman–Crippen MR) is 42.3 cm³/mol. The van der Waals surface area contributed by atoms with E-state index in [0.717, 1.165) is 18.4 Å². The molecule has 2 rings (SSSR count). The van der Waals surface area contributed by atoms with Crippen molar-refractivity contribution in [2.75, 3.05) is 6.54 Å². The second-order valence-corrected chi connectivity index (χ2v) is 3.34. The number of nitrogens with zero attached hydrogens (tertiary/aromatic N) is 1. The van der Waals surface area contributed by atoms with Crippen LogP contribution in [0.3, 0.4) is 0 Å². The van der Waals surface area contributed by atoms with Crippen molar-refractivity contribution in [3.8, 4) is 0 Å². The standard InChI is InChI=1S/C9H13N/c1-2-4-9-7-10-6-5-8(9)3-1/h5,8-9H,1-4,7H2. The maximum absolute atomic E-state index is 4.16. The maximum atomic E-state index is 4.16. The summed E-state index contributed by atoms with van der Waals surface area (Å²) in [6, 6.07) is 0. The van der Waals surface area contributed by atoms with Crippen LogP contribution in [0.2, 0.25) is 0 Å². The molecule has 54 valence electrons. The van der Waals surface area contributed by atoms with Gasteiger partial charge in [0.1, 0.15) is 0 Å². The summed E-state index contributed by atoms with van der Waals surface area (Å²) in [5.74, 6) is 4.68. The lowest BCUT2D eigenvalue weighted by atomic mass is 9.79. The fourth-order valence-electron chi connectivity index (χ4n) is 2.00. The number of hydrogen-bond donors (Lipinski definition) is 0. The number of fused-ring (bicyclic) bond motifs is 1. The highest BCUT2D eigenvalue weighted by molar-refractivity contribution is 5.53. The van der Waals surface area contributed by atoms with Gasteiger partial charge in [-0.25, -0.2) is 4.99 Å². The van der Waals surface area contributed by atoms with E-state index < -0.39 is 0 Å². The molecule has 1 heterocycles. The van der Waals surface area contributed by atoms with Gasteiger partial charge >= 0.3 is 0 Å². The van der Waals surface area contributed by atoms with Crippen molar-refractivity contribution in [3.63, 3.8) is 0 Å². The topological polar surface area (TPSA) is 12.4 Å². The smallest absolute Gasteiger partial charge is 0.0517 e. The minimum absolute atomic E-state index is 0.825. The van der Waals surface area contributed by atoms with Crippen LogP contribution in [0.15, 0.2) is 11.1 Å². The number of rotatable bonds is 0. The molecule has 0 N–H and O–H groups in total. The third-order valence-electron chi connectivity index (χ3n) is 2.67. The second kappa shape index (κ2) is 2.59. The summed E-state index contributed by atoms with van der Waals surface area (Å²) in [5.41, 5.74) is 0. The molecule has 1 aliphatic carbocycles. The van der Waals surface area contributed by atoms with Crippen LogP contribution in [0.1, 0.15) is 25.7 Å². The summed E-state index contributed by atoms with van der Waals surface area (Å²) < 4.78 is 0. The summed E-state index contributed by atoms with van der Waals surface area (Å²) in [5, 5.41) is 0. The maximum Gasteiger partial charge on any atom is 0.0517 e. The Labute approximate surface area is 61.9 Å². The number of allylic oxidation sites excluding steroid dienone is 1. The van der Waals surface area contributed by atoms with Crippen LogP contribution in [-0.4, -0.2) is 12.4 Å². The highest BCUT2D eigenvalue weighted by Gasteiger charge is 2.23. The van der Waals surface area contributed by atoms with Crippen LogP contribution in [0.4, 0.5) is 0 Å². The molecule has 1 aliphatic heterocycles. The first kappa shape index (κ1) is 6.18. The fourth-order valence-corrected chi connectivity index (χ4v) is 2.00. The zero-order chi connectivity index (χ0) is 6.81. The van der Waals surface area contributed by atoms with Gasteiger partial charge in [0.2, 0.25) is 0 Å². The van der Waals surface area contributed by atoms with Crippen LogP contribution in [0, 0.1) is 11.8 Å². The van der Waals surface area contributed by atoms with Crippen molar-refractivity contribution in [2.24, 2.45) is 16.8 Å². The first-order valence-corrected chi connectivity index (χ1v) is 4.22. The van der Waals surface area contributed by atoms with E-state index in [1.807, 2.05) is 0 Å². The summed E-state index contributed by atoms with van der Waals surface area (Å²) >= 11 is 0. The van der Waals surface area contributed by atoms with Crippen LogP contribution >= 0.6 is 0 Å². The molecule has 1 fully saturated rings. The van der Waals surface area contributed by atoms with Crippen molar-refractivity contribution < 1.29 is 0 Å². The molecule has 0 bridgehead atoms. The van der Waals surface area contributed by atoms with E-state index in [1.165, 1.54) is 25.7 Å². The van der Waals surface area contributed by atoms with Crippen molar-refractivity contribution in [1.82, 2.24) is 0 Å². The van der Waals surface area contributed by atoms with Gasteiger partial charge in [-0.2, -0.15) is 0 Å². The van der Waals surface area contributed by atoms with E-state index in [0.29, 0.717) is 0 Å². The van der Waals surface area contributed by atoms with E-state index in [-0.39, 0.29) is 0 Å². The predicted octanol–water partition coefficient (Wildman–Crippen LogP) is 2.03. The average Bonchev–Trinajstić information content (AvgIpc) is 2.05. The SMILES string of the molecule is C1=CC2CCCCC2CN=1. The molecule has 2 aliphatic rings. The summed E-state index contributed by atoms with van der Waals surface area (Å²) in [7, 11) is 0. The van der Waals surface area contributed by atoms with Gasteiger partial charge in [-0.05, 0) is 36.6 Å². The third kappa shape index (κ3) is 1.02. The fraction of sp³-hybridized carbons (Fsp3) is 0.778. The van der Waals surface area contributed by atoms with Crippen molar-refractivity contribution >= 4 is 5.87 Å². The zero-order valence-corrected chi connectivity index (χ0v) is 6.21. The van der Waals surface area contributed by atoms with E-state index in [2.05, 4.69) is 16.9 Å². The molecule has 0 radical (unpaired) electrons. The van der Waals surface area contributed by atoms with Gasteiger partial charge in [-0.1, -0.05) is 12.8 Å². The van der Waals surface area contributed by atoms with Gasteiger partial charge in [0.05, 0.1) is 6.54 Å². The number of hydrogen-bond acceptors (Lipinski definition) is 1. The molecule has 0 aromatic carbocycles. The summed E-state index contributed by atoms with van der Waals surface area (Å²) in [6.07, 6.45) is 7.79. The molecular weight excluding hydrogens is 122 g/mol. The molecule has 1 nitrogen and oxygen atoms in total. The van der Waals surface area contributed by atoms with Gasteiger partial charge in [-0.15, -0.1) is 0 Å². The van der Waals surface area contributed by atoms with E-state index in [1.54, 1.807) is 0 Å². The lowest BCUT2D eigenvalue weighted by Crippen LogP contribution is -2.22. The van der Waals surface area contributed by atoms with Crippen LogP contribution < -0.4 is 0 Å². The first-order valence-electron chi connectivity index (χ1n) is 4.22. The highest BCUT2D eigenvalue weighted by Crippen LogP contribution is 2.31. The lowest BCUT2D eigenvalue weighted by molar-refractivity contribution is 0.289. The van der Waals surface area contributed by atoms with Crippen LogP contribution in [0.5, 0.6) is 0 Å². The largest absolute Gasteiger partial charge is 0.243 e. The van der Waals surface area contributed by atoms with Crippen LogP contribution in [-0.2, 0) is 0 Å². The summed E-state index contributed by atoms with van der Waals surface area (Å²) in [4.78, 5) is 4.16. The molecule has 2 unspecified atom stereocenters. The van der Waals surface area contributed by atoms with Crippen molar-refractivity contribution in [2.45, 2.75) is 25.7 Å². The van der Waals surface area contributed by atoms with Gasteiger partial charge in [0.15, 0.2) is 0 Å². The highest BCUT2D eigenvalue weighted by atomic mass is 14.7. The Morgan fingerprint density at radius 3 is 3.10 bits per heavy atom. The first-order chi connectivity index (χ1) is 4.97. The normalized spacial score (nSPS) is 37.6. The molecule has 0 spiro atoms.